The molecule has 2 aromatic carbocycles. The van der Waals surface area contributed by atoms with Gasteiger partial charge >= 0.3 is 0 Å². The minimum absolute atomic E-state index is 0.871. The van der Waals surface area contributed by atoms with Crippen molar-refractivity contribution >= 4 is 11.4 Å². The fourth-order valence-corrected chi connectivity index (χ4v) is 1.89. The fraction of sp³-hybridized carbons (Fsp3) is 0.200. The van der Waals surface area contributed by atoms with Gasteiger partial charge in [-0.3, -0.25) is 0 Å². The molecule has 0 unspecified atom stereocenters. The zero-order valence-corrected chi connectivity index (χ0v) is 10.4. The van der Waals surface area contributed by atoms with Gasteiger partial charge in [-0.2, -0.15) is 0 Å². The van der Waals surface area contributed by atoms with Crippen molar-refractivity contribution in [1.29, 1.82) is 0 Å². The molecule has 2 heteroatoms. The molecule has 1 N–H and O–H groups in total. The van der Waals surface area contributed by atoms with E-state index in [9.17, 15) is 0 Å². The number of methoxy groups -OCH3 is 1. The molecule has 88 valence electrons. The van der Waals surface area contributed by atoms with Crippen LogP contribution >= 0.6 is 0 Å². The van der Waals surface area contributed by atoms with Crippen molar-refractivity contribution in [1.82, 2.24) is 0 Å². The van der Waals surface area contributed by atoms with Gasteiger partial charge in [0.2, 0.25) is 0 Å². The van der Waals surface area contributed by atoms with Crippen LogP contribution < -0.4 is 10.1 Å². The van der Waals surface area contributed by atoms with E-state index in [1.807, 2.05) is 24.3 Å². The molecule has 0 aliphatic carbocycles. The van der Waals surface area contributed by atoms with Gasteiger partial charge in [-0.15, -0.1) is 0 Å². The van der Waals surface area contributed by atoms with Crippen LogP contribution in [0.4, 0.5) is 11.4 Å². The van der Waals surface area contributed by atoms with Crippen LogP contribution in [0.25, 0.3) is 0 Å². The fourth-order valence-electron chi connectivity index (χ4n) is 1.89. The Labute approximate surface area is 102 Å². The van der Waals surface area contributed by atoms with Crippen molar-refractivity contribution in [3.8, 4) is 5.75 Å². The smallest absolute Gasteiger partial charge is 0.119 e. The Hall–Kier alpha value is -1.96. The Morgan fingerprint density at radius 3 is 1.94 bits per heavy atom. The van der Waals surface area contributed by atoms with E-state index in [4.69, 9.17) is 4.74 Å². The number of anilines is 2. The number of nitrogens with one attached hydrogen (secondary N) is 1. The van der Waals surface area contributed by atoms with E-state index in [1.54, 1.807) is 7.11 Å². The molecule has 0 radical (unpaired) electrons. The molecule has 2 nitrogen and oxygen atoms in total. The first-order valence-corrected chi connectivity index (χ1v) is 5.67. The number of rotatable bonds is 3. The maximum atomic E-state index is 5.13. The summed E-state index contributed by atoms with van der Waals surface area (Å²) in [6, 6.07) is 14.4. The van der Waals surface area contributed by atoms with Crippen molar-refractivity contribution in [3.05, 3.63) is 53.6 Å². The van der Waals surface area contributed by atoms with E-state index in [-0.39, 0.29) is 0 Å². The van der Waals surface area contributed by atoms with Gasteiger partial charge in [0.25, 0.3) is 0 Å². The minimum atomic E-state index is 0.871. The van der Waals surface area contributed by atoms with Crippen LogP contribution in [0.15, 0.2) is 42.5 Å². The highest BCUT2D eigenvalue weighted by molar-refractivity contribution is 5.61. The maximum absolute atomic E-state index is 5.13. The molecular weight excluding hydrogens is 210 g/mol. The third kappa shape index (κ3) is 3.00. The summed E-state index contributed by atoms with van der Waals surface area (Å²) in [5, 5.41) is 3.38. The Morgan fingerprint density at radius 2 is 1.41 bits per heavy atom. The lowest BCUT2D eigenvalue weighted by atomic mass is 10.1. The van der Waals surface area contributed by atoms with Gasteiger partial charge in [-0.25, -0.2) is 0 Å². The van der Waals surface area contributed by atoms with Crippen LogP contribution in [-0.2, 0) is 0 Å². The SMILES string of the molecule is COc1ccc(Nc2cc(C)cc(C)c2)cc1. The highest BCUT2D eigenvalue weighted by Gasteiger charge is 1.97. The zero-order chi connectivity index (χ0) is 12.3. The molecule has 2 rings (SSSR count). The summed E-state index contributed by atoms with van der Waals surface area (Å²) in [6.07, 6.45) is 0. The molecular formula is C15H17NO. The minimum Gasteiger partial charge on any atom is -0.497 e. The van der Waals surface area contributed by atoms with Gasteiger partial charge in [-0.05, 0) is 61.4 Å². The summed E-state index contributed by atoms with van der Waals surface area (Å²) >= 11 is 0. The van der Waals surface area contributed by atoms with Gasteiger partial charge < -0.3 is 10.1 Å². The maximum Gasteiger partial charge on any atom is 0.119 e. The van der Waals surface area contributed by atoms with Gasteiger partial charge in [0.15, 0.2) is 0 Å². The summed E-state index contributed by atoms with van der Waals surface area (Å²) in [7, 11) is 1.67. The average molecular weight is 227 g/mol. The highest BCUT2D eigenvalue weighted by atomic mass is 16.5. The molecule has 0 heterocycles. The van der Waals surface area contributed by atoms with Crippen LogP contribution in [0.3, 0.4) is 0 Å². The van der Waals surface area contributed by atoms with Crippen molar-refractivity contribution in [2.75, 3.05) is 12.4 Å². The molecule has 0 spiro atoms. The Bertz CT molecular complexity index is 483. The number of hydrogen-bond donors (Lipinski definition) is 1. The van der Waals surface area contributed by atoms with Gasteiger partial charge in [0.05, 0.1) is 7.11 Å². The van der Waals surface area contributed by atoms with Crippen molar-refractivity contribution in [2.45, 2.75) is 13.8 Å². The van der Waals surface area contributed by atoms with E-state index < -0.39 is 0 Å². The van der Waals surface area contributed by atoms with Gasteiger partial charge in [0.1, 0.15) is 5.75 Å². The molecule has 0 bridgehead atoms. The summed E-state index contributed by atoms with van der Waals surface area (Å²) in [5.41, 5.74) is 4.71. The Balaban J connectivity index is 2.19. The Morgan fingerprint density at radius 1 is 0.824 bits per heavy atom. The largest absolute Gasteiger partial charge is 0.497 e. The van der Waals surface area contributed by atoms with Crippen LogP contribution in [-0.4, -0.2) is 7.11 Å². The highest BCUT2D eigenvalue weighted by Crippen LogP contribution is 2.21. The number of ether oxygens (including phenoxy) is 1. The molecule has 0 amide bonds. The van der Waals surface area contributed by atoms with Crippen LogP contribution in [0.1, 0.15) is 11.1 Å². The second kappa shape index (κ2) is 4.91. The number of benzene rings is 2. The lowest BCUT2D eigenvalue weighted by Crippen LogP contribution is -1.92. The second-order valence-electron chi connectivity index (χ2n) is 4.23. The first-order valence-electron chi connectivity index (χ1n) is 5.67. The third-order valence-corrected chi connectivity index (χ3v) is 2.60. The quantitative estimate of drug-likeness (QED) is 0.853. The van der Waals surface area contributed by atoms with Crippen molar-refractivity contribution in [2.24, 2.45) is 0 Å². The number of aryl methyl sites for hydroxylation is 2. The predicted molar refractivity (Wildman–Crippen MR) is 72.2 cm³/mol. The van der Waals surface area contributed by atoms with E-state index in [0.717, 1.165) is 17.1 Å². The molecule has 0 aliphatic heterocycles. The Kier molecular flexibility index (Phi) is 3.33. The van der Waals surface area contributed by atoms with Gasteiger partial charge in [-0.1, -0.05) is 6.07 Å². The monoisotopic (exact) mass is 227 g/mol. The lowest BCUT2D eigenvalue weighted by molar-refractivity contribution is 0.415. The average Bonchev–Trinajstić information content (AvgIpc) is 2.28. The van der Waals surface area contributed by atoms with E-state index in [0.29, 0.717) is 0 Å². The van der Waals surface area contributed by atoms with Gasteiger partial charge in [0, 0.05) is 11.4 Å². The standard InChI is InChI=1S/C15H17NO/c1-11-8-12(2)10-14(9-11)16-13-4-6-15(17-3)7-5-13/h4-10,16H,1-3H3. The predicted octanol–water partition coefficient (Wildman–Crippen LogP) is 4.06. The first kappa shape index (κ1) is 11.5. The molecule has 0 aromatic heterocycles. The number of hydrogen-bond acceptors (Lipinski definition) is 2. The molecule has 17 heavy (non-hydrogen) atoms. The molecule has 0 fully saturated rings. The molecule has 0 atom stereocenters. The molecule has 2 aromatic rings. The summed E-state index contributed by atoms with van der Waals surface area (Å²) in [4.78, 5) is 0. The zero-order valence-electron chi connectivity index (χ0n) is 10.4. The molecule has 0 aliphatic rings. The first-order chi connectivity index (χ1) is 8.17. The molecule has 0 saturated carbocycles. The topological polar surface area (TPSA) is 21.3 Å². The third-order valence-electron chi connectivity index (χ3n) is 2.60. The van der Waals surface area contributed by atoms with E-state index >= 15 is 0 Å². The van der Waals surface area contributed by atoms with Crippen molar-refractivity contribution in [3.63, 3.8) is 0 Å². The second-order valence-corrected chi connectivity index (χ2v) is 4.23. The van der Waals surface area contributed by atoms with E-state index in [2.05, 4.69) is 37.4 Å². The summed E-state index contributed by atoms with van der Waals surface area (Å²) in [5.74, 6) is 0.871. The van der Waals surface area contributed by atoms with Crippen LogP contribution in [0, 0.1) is 13.8 Å². The summed E-state index contributed by atoms with van der Waals surface area (Å²) in [6.45, 7) is 4.21. The van der Waals surface area contributed by atoms with Crippen LogP contribution in [0.5, 0.6) is 5.75 Å². The molecule has 0 saturated heterocycles. The van der Waals surface area contributed by atoms with Crippen LogP contribution in [0.2, 0.25) is 0 Å². The lowest BCUT2D eigenvalue weighted by Gasteiger charge is -2.09. The normalized spacial score (nSPS) is 10.1. The summed E-state index contributed by atoms with van der Waals surface area (Å²) < 4.78 is 5.13. The van der Waals surface area contributed by atoms with Crippen molar-refractivity contribution < 1.29 is 4.74 Å². The van der Waals surface area contributed by atoms with E-state index in [1.165, 1.54) is 11.1 Å².